The second-order valence-electron chi connectivity index (χ2n) is 4.35. The Kier molecular flexibility index (Phi) is 5.48. The molecular weight excluding hydrogens is 370 g/mol. The molecule has 0 bridgehead atoms. The molecule has 0 fully saturated rings. The van der Waals surface area contributed by atoms with Crippen molar-refractivity contribution in [3.05, 3.63) is 33.1 Å². The molecule has 1 heterocycles. The van der Waals surface area contributed by atoms with Gasteiger partial charge in [0.25, 0.3) is 0 Å². The maximum atomic E-state index is 12.0. The van der Waals surface area contributed by atoms with Crippen molar-refractivity contribution in [2.24, 2.45) is 0 Å². The molecule has 0 amide bonds. The van der Waals surface area contributed by atoms with Gasteiger partial charge in [0, 0.05) is 12.5 Å². The summed E-state index contributed by atoms with van der Waals surface area (Å²) >= 11 is 2.16. The van der Waals surface area contributed by atoms with Gasteiger partial charge in [-0.15, -0.1) is 0 Å². The number of esters is 1. The topological polar surface area (TPSA) is 48.7 Å². The third-order valence-corrected chi connectivity index (χ3v) is 3.59. The van der Waals surface area contributed by atoms with Crippen LogP contribution in [0.2, 0.25) is 13.1 Å². The van der Waals surface area contributed by atoms with Crippen molar-refractivity contribution in [2.75, 3.05) is 13.7 Å². The number of carbonyl (C=O) groups is 1. The third-order valence-electron chi connectivity index (χ3n) is 2.78. The lowest BCUT2D eigenvalue weighted by Gasteiger charge is -2.04. The van der Waals surface area contributed by atoms with Crippen molar-refractivity contribution in [1.29, 1.82) is 0 Å². The zero-order chi connectivity index (χ0) is 14.5. The molecule has 1 aromatic heterocycles. The molecule has 1 aromatic carbocycles. The van der Waals surface area contributed by atoms with Crippen LogP contribution in [0, 0.1) is 3.57 Å². The Balaban J connectivity index is 2.24. The minimum absolute atomic E-state index is 0.304. The first-order chi connectivity index (χ1) is 9.65. The molecule has 4 nitrogen and oxygen atoms in total. The number of carbonyl (C=O) groups excluding carboxylic acids is 1. The fraction of sp³-hybridized carbons (Fsp3) is 0.357. The molecular formula is C14H15BIO4. The lowest BCUT2D eigenvalue weighted by Crippen LogP contribution is -2.07. The standard InChI is InChI=1S/C14H15BIO4/c1-15-3-4-19-14(17)10-5-9-6-11(8-18-2)20-13(9)12(16)7-10/h5-7H,3-4,8H2,1-2H3. The molecule has 0 aliphatic carbocycles. The SMILES string of the molecule is C[B]CCOC(=O)c1cc(I)c2oc(COC)cc2c1. The first-order valence-corrected chi connectivity index (χ1v) is 7.39. The Bertz CT molecular complexity index is 608. The fourth-order valence-corrected chi connectivity index (χ4v) is 2.60. The number of hydrogen-bond acceptors (Lipinski definition) is 4. The van der Waals surface area contributed by atoms with Gasteiger partial charge in [0.1, 0.15) is 25.2 Å². The van der Waals surface area contributed by atoms with Crippen molar-refractivity contribution < 1.29 is 18.7 Å². The smallest absolute Gasteiger partial charge is 0.338 e. The molecule has 6 heteroatoms. The highest BCUT2D eigenvalue weighted by Gasteiger charge is 2.14. The van der Waals surface area contributed by atoms with Gasteiger partial charge in [-0.05, 0) is 47.1 Å². The monoisotopic (exact) mass is 385 g/mol. The third kappa shape index (κ3) is 3.55. The van der Waals surface area contributed by atoms with Gasteiger partial charge in [-0.2, -0.15) is 0 Å². The molecule has 0 N–H and O–H groups in total. The van der Waals surface area contributed by atoms with Crippen LogP contribution in [0.25, 0.3) is 11.0 Å². The predicted octanol–water partition coefficient (Wildman–Crippen LogP) is 3.51. The Labute approximate surface area is 132 Å². The molecule has 0 aliphatic heterocycles. The van der Waals surface area contributed by atoms with E-state index >= 15 is 0 Å². The normalized spacial score (nSPS) is 10.8. The summed E-state index contributed by atoms with van der Waals surface area (Å²) in [6.45, 7) is 2.76. The van der Waals surface area contributed by atoms with Gasteiger partial charge in [0.15, 0.2) is 0 Å². The molecule has 105 valence electrons. The second kappa shape index (κ2) is 7.13. The van der Waals surface area contributed by atoms with Crippen LogP contribution in [0.1, 0.15) is 16.1 Å². The maximum Gasteiger partial charge on any atom is 0.338 e. The first kappa shape index (κ1) is 15.4. The minimum atomic E-state index is -0.304. The van der Waals surface area contributed by atoms with Crippen LogP contribution in [0.5, 0.6) is 0 Å². The highest BCUT2D eigenvalue weighted by Crippen LogP contribution is 2.27. The summed E-state index contributed by atoms with van der Waals surface area (Å²) in [5.41, 5.74) is 1.32. The number of furan rings is 1. The van der Waals surface area contributed by atoms with Crippen molar-refractivity contribution in [3.8, 4) is 0 Å². The highest BCUT2D eigenvalue weighted by atomic mass is 127. The number of methoxy groups -OCH3 is 1. The lowest BCUT2D eigenvalue weighted by atomic mass is 9.79. The molecule has 2 aromatic rings. The van der Waals surface area contributed by atoms with Gasteiger partial charge in [0.05, 0.1) is 15.7 Å². The number of hydrogen-bond donors (Lipinski definition) is 0. The number of halogens is 1. The lowest BCUT2D eigenvalue weighted by molar-refractivity contribution is 0.0526. The van der Waals surface area contributed by atoms with Crippen LogP contribution in [0.3, 0.4) is 0 Å². The van der Waals surface area contributed by atoms with E-state index in [0.717, 1.165) is 26.6 Å². The molecule has 0 spiro atoms. The van der Waals surface area contributed by atoms with Crippen LogP contribution < -0.4 is 0 Å². The molecule has 0 saturated heterocycles. The summed E-state index contributed by atoms with van der Waals surface area (Å²) in [5.74, 6) is 0.438. The summed E-state index contributed by atoms with van der Waals surface area (Å²) < 4.78 is 16.8. The number of rotatable bonds is 6. The van der Waals surface area contributed by atoms with Crippen molar-refractivity contribution in [2.45, 2.75) is 19.8 Å². The number of ether oxygens (including phenoxy) is 2. The van der Waals surface area contributed by atoms with Crippen molar-refractivity contribution in [3.63, 3.8) is 0 Å². The van der Waals surface area contributed by atoms with Crippen LogP contribution in [-0.4, -0.2) is 27.0 Å². The molecule has 1 radical (unpaired) electrons. The van der Waals surface area contributed by atoms with E-state index in [-0.39, 0.29) is 5.97 Å². The maximum absolute atomic E-state index is 12.0. The number of fused-ring (bicyclic) bond motifs is 1. The van der Waals surface area contributed by atoms with Gasteiger partial charge in [-0.1, -0.05) is 6.82 Å². The largest absolute Gasteiger partial charge is 0.463 e. The fourth-order valence-electron chi connectivity index (χ4n) is 1.85. The van der Waals surface area contributed by atoms with E-state index in [9.17, 15) is 4.79 Å². The van der Waals surface area contributed by atoms with E-state index in [2.05, 4.69) is 22.6 Å². The van der Waals surface area contributed by atoms with Crippen LogP contribution >= 0.6 is 22.6 Å². The molecule has 0 atom stereocenters. The first-order valence-electron chi connectivity index (χ1n) is 6.31. The van der Waals surface area contributed by atoms with Gasteiger partial charge in [-0.25, -0.2) is 4.79 Å². The molecule has 0 saturated carbocycles. The zero-order valence-electron chi connectivity index (χ0n) is 11.4. The molecule has 0 aliphatic rings. The average molecular weight is 385 g/mol. The molecule has 20 heavy (non-hydrogen) atoms. The van der Waals surface area contributed by atoms with E-state index in [4.69, 9.17) is 13.9 Å². The van der Waals surface area contributed by atoms with Crippen LogP contribution in [-0.2, 0) is 16.1 Å². The average Bonchev–Trinajstić information content (AvgIpc) is 2.82. The van der Waals surface area contributed by atoms with Crippen molar-refractivity contribution in [1.82, 2.24) is 0 Å². The van der Waals surface area contributed by atoms with E-state index in [1.807, 2.05) is 20.2 Å². The Morgan fingerprint density at radius 3 is 2.90 bits per heavy atom. The second-order valence-corrected chi connectivity index (χ2v) is 5.52. The highest BCUT2D eigenvalue weighted by molar-refractivity contribution is 14.1. The minimum Gasteiger partial charge on any atom is -0.463 e. The summed E-state index contributed by atoms with van der Waals surface area (Å²) in [6.07, 6.45) is 0.759. The Morgan fingerprint density at radius 2 is 2.20 bits per heavy atom. The number of benzene rings is 1. The summed E-state index contributed by atoms with van der Waals surface area (Å²) in [5, 5.41) is 0.887. The molecule has 2 rings (SSSR count). The molecule has 0 unspecified atom stereocenters. The van der Waals surface area contributed by atoms with Crippen LogP contribution in [0.4, 0.5) is 0 Å². The van der Waals surface area contributed by atoms with E-state index in [1.165, 1.54) is 0 Å². The quantitative estimate of drug-likeness (QED) is 0.331. The van der Waals surface area contributed by atoms with Crippen LogP contribution in [0.15, 0.2) is 22.6 Å². The van der Waals surface area contributed by atoms with E-state index < -0.39 is 0 Å². The van der Waals surface area contributed by atoms with Crippen molar-refractivity contribution >= 4 is 46.8 Å². The van der Waals surface area contributed by atoms with Gasteiger partial charge in [0.2, 0.25) is 0 Å². The Hall–Kier alpha value is -1.02. The summed E-state index contributed by atoms with van der Waals surface area (Å²) in [6, 6.07) is 5.46. The van der Waals surface area contributed by atoms with E-state index in [1.54, 1.807) is 19.2 Å². The van der Waals surface area contributed by atoms with Gasteiger partial charge >= 0.3 is 5.97 Å². The Morgan fingerprint density at radius 1 is 1.40 bits per heavy atom. The predicted molar refractivity (Wildman–Crippen MR) is 86.4 cm³/mol. The van der Waals surface area contributed by atoms with Gasteiger partial charge in [-0.3, -0.25) is 0 Å². The van der Waals surface area contributed by atoms with E-state index in [0.29, 0.717) is 18.8 Å². The summed E-state index contributed by atoms with van der Waals surface area (Å²) in [4.78, 5) is 12.0. The zero-order valence-corrected chi connectivity index (χ0v) is 13.6. The summed E-state index contributed by atoms with van der Waals surface area (Å²) in [7, 11) is 3.58. The van der Waals surface area contributed by atoms with Gasteiger partial charge < -0.3 is 13.9 Å².